The van der Waals surface area contributed by atoms with Crippen molar-refractivity contribution in [1.82, 2.24) is 14.9 Å². The Balaban J connectivity index is 1.22. The molecule has 0 spiro atoms. The van der Waals surface area contributed by atoms with E-state index in [1.165, 1.54) is 62.0 Å². The third-order valence-corrected chi connectivity index (χ3v) is 8.89. The highest BCUT2D eigenvalue weighted by Gasteiger charge is 2.39. The zero-order valence-corrected chi connectivity index (χ0v) is 21.4. The number of furan rings is 1. The number of imidazole rings is 1. The van der Waals surface area contributed by atoms with Crippen molar-refractivity contribution in [3.05, 3.63) is 47.1 Å². The highest BCUT2D eigenvalue weighted by atomic mass is 32.2. The molecule has 2 aliphatic carbocycles. The molecule has 3 heterocycles. The van der Waals surface area contributed by atoms with Gasteiger partial charge in [0.15, 0.2) is 15.4 Å². The summed E-state index contributed by atoms with van der Waals surface area (Å²) < 4.78 is 6.06. The molecule has 3 fully saturated rings. The van der Waals surface area contributed by atoms with Crippen LogP contribution in [0.5, 0.6) is 0 Å². The van der Waals surface area contributed by atoms with Gasteiger partial charge in [-0.15, -0.1) is 0 Å². The lowest BCUT2D eigenvalue weighted by Crippen LogP contribution is -2.41. The molecule has 2 aromatic heterocycles. The number of nitrogens with one attached hydrogen (secondary N) is 1. The molecule has 1 aliphatic heterocycles. The number of aromatic amines is 1. The standard InChI is InChI=1S/C27H30N4O2S2/c32-25-23(17-20-15-16-24(33-20)35-26-29-21-13-7-8-14-22(21)30-26)34-27(28-18-9-3-1-4-10-18)31(25)19-11-5-2-6-12-19/h7-8,13-19H,1-6,9-12H2,(H,29,30). The largest absolute Gasteiger partial charge is 0.450 e. The van der Waals surface area contributed by atoms with E-state index in [9.17, 15) is 4.79 Å². The van der Waals surface area contributed by atoms with Crippen LogP contribution in [-0.2, 0) is 4.79 Å². The van der Waals surface area contributed by atoms with Crippen molar-refractivity contribution in [3.63, 3.8) is 0 Å². The van der Waals surface area contributed by atoms with E-state index in [-0.39, 0.29) is 11.9 Å². The van der Waals surface area contributed by atoms with E-state index in [0.717, 1.165) is 52.1 Å². The predicted octanol–water partition coefficient (Wildman–Crippen LogP) is 7.24. The van der Waals surface area contributed by atoms with E-state index in [1.54, 1.807) is 0 Å². The number of hydrogen-bond donors (Lipinski definition) is 1. The molecule has 0 unspecified atom stereocenters. The fourth-order valence-corrected chi connectivity index (χ4v) is 7.13. The number of carbonyl (C=O) groups excluding carboxylic acids is 1. The van der Waals surface area contributed by atoms with Gasteiger partial charge in [0.25, 0.3) is 5.91 Å². The van der Waals surface area contributed by atoms with Gasteiger partial charge in [-0.1, -0.05) is 50.7 Å². The van der Waals surface area contributed by atoms with Gasteiger partial charge in [-0.2, -0.15) is 0 Å². The number of amidine groups is 1. The van der Waals surface area contributed by atoms with Crippen LogP contribution in [-0.4, -0.2) is 38.0 Å². The summed E-state index contributed by atoms with van der Waals surface area (Å²) >= 11 is 2.98. The molecule has 0 atom stereocenters. The Morgan fingerprint density at radius 1 is 1.03 bits per heavy atom. The lowest BCUT2D eigenvalue weighted by atomic mass is 9.94. The number of carbonyl (C=O) groups is 1. The monoisotopic (exact) mass is 506 g/mol. The molecular formula is C27H30N4O2S2. The van der Waals surface area contributed by atoms with Crippen LogP contribution in [0.4, 0.5) is 0 Å². The van der Waals surface area contributed by atoms with E-state index in [1.807, 2.05) is 47.4 Å². The number of thioether (sulfide) groups is 1. The van der Waals surface area contributed by atoms with E-state index >= 15 is 0 Å². The Morgan fingerprint density at radius 3 is 2.60 bits per heavy atom. The minimum absolute atomic E-state index is 0.0827. The summed E-state index contributed by atoms with van der Waals surface area (Å²) in [5.41, 5.74) is 1.94. The fraction of sp³-hybridized carbons (Fsp3) is 0.444. The average molecular weight is 507 g/mol. The van der Waals surface area contributed by atoms with Crippen LogP contribution in [0.25, 0.3) is 17.1 Å². The van der Waals surface area contributed by atoms with Crippen molar-refractivity contribution >= 4 is 51.7 Å². The number of aromatic nitrogens is 2. The lowest BCUT2D eigenvalue weighted by Gasteiger charge is -2.31. The Bertz CT molecular complexity index is 1230. The van der Waals surface area contributed by atoms with Gasteiger partial charge < -0.3 is 9.40 Å². The van der Waals surface area contributed by atoms with Crippen molar-refractivity contribution in [2.75, 3.05) is 0 Å². The average Bonchev–Trinajstić information content (AvgIpc) is 3.58. The SMILES string of the molecule is O=C1C(=Cc2ccc(Sc3nc4ccccc4[nH]3)o2)SC(=NC2CCCCC2)N1C1CCCCC1. The summed E-state index contributed by atoms with van der Waals surface area (Å²) in [5, 5.41) is 2.44. The molecule has 2 saturated carbocycles. The summed E-state index contributed by atoms with van der Waals surface area (Å²) in [4.78, 5) is 29.3. The number of fused-ring (bicyclic) bond motifs is 1. The molecule has 6 nitrogen and oxygen atoms in total. The summed E-state index contributed by atoms with van der Waals surface area (Å²) in [6, 6.07) is 12.4. The number of aliphatic imine (C=N–C) groups is 1. The first-order valence-corrected chi connectivity index (χ1v) is 14.4. The summed E-state index contributed by atoms with van der Waals surface area (Å²) in [6.07, 6.45) is 13.7. The van der Waals surface area contributed by atoms with Gasteiger partial charge in [-0.3, -0.25) is 14.7 Å². The second-order valence-corrected chi connectivity index (χ2v) is 11.6. The second-order valence-electron chi connectivity index (χ2n) is 9.60. The van der Waals surface area contributed by atoms with Crippen molar-refractivity contribution in [2.45, 2.75) is 86.5 Å². The zero-order chi connectivity index (χ0) is 23.6. The van der Waals surface area contributed by atoms with Crippen LogP contribution in [0.3, 0.4) is 0 Å². The van der Waals surface area contributed by atoms with Crippen LogP contribution >= 0.6 is 23.5 Å². The first-order valence-electron chi connectivity index (χ1n) is 12.8. The minimum Gasteiger partial charge on any atom is -0.450 e. The van der Waals surface area contributed by atoms with Crippen LogP contribution < -0.4 is 0 Å². The quantitative estimate of drug-likeness (QED) is 0.369. The summed E-state index contributed by atoms with van der Waals surface area (Å²) in [7, 11) is 0. The number of hydrogen-bond acceptors (Lipinski definition) is 6. The van der Waals surface area contributed by atoms with Gasteiger partial charge in [0.1, 0.15) is 5.76 Å². The van der Waals surface area contributed by atoms with E-state index in [4.69, 9.17) is 9.41 Å². The predicted molar refractivity (Wildman–Crippen MR) is 143 cm³/mol. The maximum Gasteiger partial charge on any atom is 0.267 e. The van der Waals surface area contributed by atoms with Crippen molar-refractivity contribution < 1.29 is 9.21 Å². The molecule has 0 bridgehead atoms. The van der Waals surface area contributed by atoms with E-state index < -0.39 is 0 Å². The Hall–Kier alpha value is -2.45. The number of H-pyrrole nitrogens is 1. The van der Waals surface area contributed by atoms with Gasteiger partial charge in [-0.05, 0) is 73.5 Å². The lowest BCUT2D eigenvalue weighted by molar-refractivity contribution is -0.124. The maximum atomic E-state index is 13.6. The van der Waals surface area contributed by atoms with Crippen LogP contribution in [0.1, 0.15) is 70.0 Å². The first-order chi connectivity index (χ1) is 17.2. The molecule has 1 saturated heterocycles. The smallest absolute Gasteiger partial charge is 0.267 e. The highest BCUT2D eigenvalue weighted by molar-refractivity contribution is 8.18. The molecule has 182 valence electrons. The Kier molecular flexibility index (Phi) is 6.74. The Labute approximate surface area is 214 Å². The van der Waals surface area contributed by atoms with Gasteiger partial charge >= 0.3 is 0 Å². The normalized spacial score (nSPS) is 22.7. The number of rotatable bonds is 5. The molecule has 1 N–H and O–H groups in total. The molecule has 6 rings (SSSR count). The van der Waals surface area contributed by atoms with Crippen LogP contribution in [0.15, 0.2) is 61.0 Å². The van der Waals surface area contributed by atoms with E-state index in [2.05, 4.69) is 9.97 Å². The van der Waals surface area contributed by atoms with Crippen molar-refractivity contribution in [1.29, 1.82) is 0 Å². The first kappa shape index (κ1) is 23.0. The Morgan fingerprint density at radius 2 is 1.80 bits per heavy atom. The van der Waals surface area contributed by atoms with Gasteiger partial charge in [0, 0.05) is 12.1 Å². The number of benzene rings is 1. The maximum absolute atomic E-state index is 13.6. The molecule has 0 radical (unpaired) electrons. The highest BCUT2D eigenvalue weighted by Crippen LogP contribution is 2.39. The fourth-order valence-electron chi connectivity index (χ4n) is 5.27. The second kappa shape index (κ2) is 10.3. The molecule has 3 aliphatic rings. The minimum atomic E-state index is 0.0827. The number of nitrogens with zero attached hydrogens (tertiary/aromatic N) is 3. The van der Waals surface area contributed by atoms with E-state index in [0.29, 0.717) is 16.7 Å². The molecule has 1 aromatic carbocycles. The van der Waals surface area contributed by atoms with Crippen LogP contribution in [0, 0.1) is 0 Å². The molecule has 3 aromatic rings. The topological polar surface area (TPSA) is 74.5 Å². The number of para-hydroxylation sites is 2. The third-order valence-electron chi connectivity index (χ3n) is 7.08. The molecular weight excluding hydrogens is 476 g/mol. The molecule has 1 amide bonds. The van der Waals surface area contributed by atoms with Crippen molar-refractivity contribution in [3.8, 4) is 0 Å². The third kappa shape index (κ3) is 5.09. The zero-order valence-electron chi connectivity index (χ0n) is 19.7. The number of amides is 1. The molecule has 35 heavy (non-hydrogen) atoms. The van der Waals surface area contributed by atoms with Gasteiger partial charge in [-0.25, -0.2) is 4.98 Å². The van der Waals surface area contributed by atoms with Gasteiger partial charge in [0.2, 0.25) is 0 Å². The summed E-state index contributed by atoms with van der Waals surface area (Å²) in [6.45, 7) is 0. The van der Waals surface area contributed by atoms with Crippen molar-refractivity contribution in [2.24, 2.45) is 4.99 Å². The van der Waals surface area contributed by atoms with Gasteiger partial charge in [0.05, 0.1) is 22.0 Å². The van der Waals surface area contributed by atoms with Crippen LogP contribution in [0.2, 0.25) is 0 Å². The summed E-state index contributed by atoms with van der Waals surface area (Å²) in [5.74, 6) is 0.765. The molecule has 8 heteroatoms.